The van der Waals surface area contributed by atoms with E-state index < -0.39 is 9.84 Å². The molecular weight excluding hydrogens is 326 g/mol. The molecule has 3 rings (SSSR count). The maximum atomic E-state index is 12.6. The Labute approximate surface area is 141 Å². The second-order valence-electron chi connectivity index (χ2n) is 6.37. The normalized spacial score (nSPS) is 19.4. The first kappa shape index (κ1) is 16.7. The first-order valence-corrected chi connectivity index (χ1v) is 9.73. The van der Waals surface area contributed by atoms with E-state index in [1.165, 1.54) is 6.20 Å². The standard InChI is InChI=1S/C17H21N3O3S/c1-11-5-4-6-12(2)16(11)19-17(21)15-9-18-20(13(15)3)14-7-8-24(22,23)10-14/h4-6,9,14H,7-8,10H2,1-3H3,(H,19,21). The molecule has 1 aromatic heterocycles. The number of anilines is 1. The Morgan fingerprint density at radius 2 is 1.92 bits per heavy atom. The third-order valence-electron chi connectivity index (χ3n) is 4.56. The lowest BCUT2D eigenvalue weighted by Crippen LogP contribution is -2.17. The lowest BCUT2D eigenvalue weighted by molar-refractivity contribution is 0.102. The highest BCUT2D eigenvalue weighted by molar-refractivity contribution is 7.91. The van der Waals surface area contributed by atoms with Gasteiger partial charge in [0.1, 0.15) is 0 Å². The van der Waals surface area contributed by atoms with Crippen molar-refractivity contribution in [2.45, 2.75) is 33.2 Å². The summed E-state index contributed by atoms with van der Waals surface area (Å²) in [5.74, 6) is 0.0472. The van der Waals surface area contributed by atoms with E-state index in [0.29, 0.717) is 17.7 Å². The van der Waals surface area contributed by atoms with E-state index in [0.717, 1.165) is 16.8 Å². The molecule has 1 unspecified atom stereocenters. The van der Waals surface area contributed by atoms with Crippen molar-refractivity contribution in [2.75, 3.05) is 16.8 Å². The number of para-hydroxylation sites is 1. The highest BCUT2D eigenvalue weighted by atomic mass is 32.2. The topological polar surface area (TPSA) is 81.1 Å². The number of aromatic nitrogens is 2. The van der Waals surface area contributed by atoms with Crippen LogP contribution in [0.3, 0.4) is 0 Å². The summed E-state index contributed by atoms with van der Waals surface area (Å²) in [5, 5.41) is 7.21. The summed E-state index contributed by atoms with van der Waals surface area (Å²) < 4.78 is 25.0. The van der Waals surface area contributed by atoms with Gasteiger partial charge in [0, 0.05) is 11.4 Å². The van der Waals surface area contributed by atoms with E-state index in [1.807, 2.05) is 32.0 Å². The van der Waals surface area contributed by atoms with Crippen LogP contribution in [0.25, 0.3) is 0 Å². The first-order chi connectivity index (χ1) is 11.3. The second-order valence-corrected chi connectivity index (χ2v) is 8.59. The smallest absolute Gasteiger partial charge is 0.259 e. The average Bonchev–Trinajstić information content (AvgIpc) is 3.05. The molecule has 0 radical (unpaired) electrons. The van der Waals surface area contributed by atoms with E-state index in [4.69, 9.17) is 0 Å². The molecule has 1 saturated heterocycles. The predicted molar refractivity (Wildman–Crippen MR) is 93.1 cm³/mol. The lowest BCUT2D eigenvalue weighted by atomic mass is 10.1. The van der Waals surface area contributed by atoms with Crippen LogP contribution in [0.1, 0.15) is 39.6 Å². The maximum absolute atomic E-state index is 12.6. The van der Waals surface area contributed by atoms with Crippen LogP contribution in [0, 0.1) is 20.8 Å². The van der Waals surface area contributed by atoms with Crippen LogP contribution in [-0.4, -0.2) is 35.6 Å². The molecule has 0 bridgehead atoms. The van der Waals surface area contributed by atoms with Gasteiger partial charge in [0.05, 0.1) is 29.3 Å². The summed E-state index contributed by atoms with van der Waals surface area (Å²) >= 11 is 0. The van der Waals surface area contributed by atoms with Crippen molar-refractivity contribution < 1.29 is 13.2 Å². The van der Waals surface area contributed by atoms with E-state index in [9.17, 15) is 13.2 Å². The molecule has 128 valence electrons. The molecule has 1 aromatic carbocycles. The van der Waals surface area contributed by atoms with Gasteiger partial charge < -0.3 is 5.32 Å². The number of rotatable bonds is 3. The fourth-order valence-electron chi connectivity index (χ4n) is 3.18. The number of aryl methyl sites for hydroxylation is 2. The molecule has 6 nitrogen and oxygen atoms in total. The Morgan fingerprint density at radius 1 is 1.25 bits per heavy atom. The van der Waals surface area contributed by atoms with Crippen molar-refractivity contribution in [3.8, 4) is 0 Å². The number of carbonyl (C=O) groups excluding carboxylic acids is 1. The van der Waals surface area contributed by atoms with Crippen LogP contribution in [0.15, 0.2) is 24.4 Å². The van der Waals surface area contributed by atoms with Crippen LogP contribution >= 0.6 is 0 Å². The quantitative estimate of drug-likeness (QED) is 0.924. The molecule has 1 atom stereocenters. The van der Waals surface area contributed by atoms with E-state index in [-0.39, 0.29) is 23.5 Å². The van der Waals surface area contributed by atoms with Crippen molar-refractivity contribution in [3.63, 3.8) is 0 Å². The van der Waals surface area contributed by atoms with Crippen LogP contribution in [0.4, 0.5) is 5.69 Å². The van der Waals surface area contributed by atoms with Crippen molar-refractivity contribution in [1.82, 2.24) is 9.78 Å². The molecule has 1 fully saturated rings. The SMILES string of the molecule is Cc1cccc(C)c1NC(=O)c1cnn(C2CCS(=O)(=O)C2)c1C. The Kier molecular flexibility index (Phi) is 4.21. The molecule has 7 heteroatoms. The van der Waals surface area contributed by atoms with Crippen molar-refractivity contribution in [1.29, 1.82) is 0 Å². The highest BCUT2D eigenvalue weighted by Gasteiger charge is 2.31. The van der Waals surface area contributed by atoms with Gasteiger partial charge in [-0.3, -0.25) is 9.48 Å². The zero-order valence-electron chi connectivity index (χ0n) is 14.0. The maximum Gasteiger partial charge on any atom is 0.259 e. The third-order valence-corrected chi connectivity index (χ3v) is 6.31. The molecular formula is C17H21N3O3S. The minimum Gasteiger partial charge on any atom is -0.321 e. The van der Waals surface area contributed by atoms with Crippen LogP contribution < -0.4 is 5.32 Å². The minimum absolute atomic E-state index is 0.0908. The Morgan fingerprint density at radius 3 is 2.50 bits per heavy atom. The lowest BCUT2D eigenvalue weighted by Gasteiger charge is -2.13. The average molecular weight is 347 g/mol. The Bertz CT molecular complexity index is 880. The van der Waals surface area contributed by atoms with Gasteiger partial charge in [-0.2, -0.15) is 5.10 Å². The summed E-state index contributed by atoms with van der Waals surface area (Å²) in [6.07, 6.45) is 2.06. The summed E-state index contributed by atoms with van der Waals surface area (Å²) in [6.45, 7) is 5.70. The molecule has 1 aliphatic heterocycles. The molecule has 2 heterocycles. The number of nitrogens with zero attached hydrogens (tertiary/aromatic N) is 2. The minimum atomic E-state index is -2.99. The molecule has 1 amide bonds. The largest absolute Gasteiger partial charge is 0.321 e. The predicted octanol–water partition coefficient (Wildman–Crippen LogP) is 2.42. The number of hydrogen-bond donors (Lipinski definition) is 1. The van der Waals surface area contributed by atoms with Gasteiger partial charge in [-0.05, 0) is 38.3 Å². The van der Waals surface area contributed by atoms with Crippen molar-refractivity contribution in [2.24, 2.45) is 0 Å². The van der Waals surface area contributed by atoms with Gasteiger partial charge in [0.25, 0.3) is 5.91 Å². The van der Waals surface area contributed by atoms with Gasteiger partial charge >= 0.3 is 0 Å². The van der Waals surface area contributed by atoms with Gasteiger partial charge in [0.2, 0.25) is 0 Å². The fraction of sp³-hybridized carbons (Fsp3) is 0.412. The highest BCUT2D eigenvalue weighted by Crippen LogP contribution is 2.26. The third kappa shape index (κ3) is 3.08. The zero-order valence-corrected chi connectivity index (χ0v) is 14.9. The van der Waals surface area contributed by atoms with E-state index in [2.05, 4.69) is 10.4 Å². The molecule has 1 aliphatic rings. The summed E-state index contributed by atoms with van der Waals surface area (Å²) in [5.41, 5.74) is 3.96. The van der Waals surface area contributed by atoms with Gasteiger partial charge in [0.15, 0.2) is 9.84 Å². The Balaban J connectivity index is 1.85. The zero-order chi connectivity index (χ0) is 17.5. The van der Waals surface area contributed by atoms with Crippen molar-refractivity contribution >= 4 is 21.4 Å². The number of benzene rings is 1. The molecule has 24 heavy (non-hydrogen) atoms. The Hall–Kier alpha value is -2.15. The van der Waals surface area contributed by atoms with Crippen molar-refractivity contribution in [3.05, 3.63) is 46.8 Å². The number of nitrogens with one attached hydrogen (secondary N) is 1. The van der Waals surface area contributed by atoms with Crippen LogP contribution in [-0.2, 0) is 9.84 Å². The van der Waals surface area contributed by atoms with Gasteiger partial charge in [-0.25, -0.2) is 8.42 Å². The fourth-order valence-corrected chi connectivity index (χ4v) is 4.87. The van der Waals surface area contributed by atoms with Gasteiger partial charge in [-0.15, -0.1) is 0 Å². The number of sulfone groups is 1. The number of carbonyl (C=O) groups is 1. The second kappa shape index (κ2) is 6.05. The van der Waals surface area contributed by atoms with Crippen LogP contribution in [0.5, 0.6) is 0 Å². The van der Waals surface area contributed by atoms with Gasteiger partial charge in [-0.1, -0.05) is 18.2 Å². The number of hydrogen-bond acceptors (Lipinski definition) is 4. The van der Waals surface area contributed by atoms with E-state index in [1.54, 1.807) is 11.6 Å². The first-order valence-electron chi connectivity index (χ1n) is 7.90. The molecule has 1 N–H and O–H groups in total. The molecule has 0 saturated carbocycles. The monoisotopic (exact) mass is 347 g/mol. The summed E-state index contributed by atoms with van der Waals surface area (Å²) in [7, 11) is -2.99. The van der Waals surface area contributed by atoms with E-state index >= 15 is 0 Å². The molecule has 0 spiro atoms. The number of amides is 1. The molecule has 0 aliphatic carbocycles. The molecule has 2 aromatic rings. The van der Waals surface area contributed by atoms with Crippen LogP contribution in [0.2, 0.25) is 0 Å². The summed E-state index contributed by atoms with van der Waals surface area (Å²) in [6, 6.07) is 5.66. The summed E-state index contributed by atoms with van der Waals surface area (Å²) in [4.78, 5) is 12.6.